The number of rotatable bonds is 4. The maximum Gasteiger partial charge on any atom is 0.191 e. The van der Waals surface area contributed by atoms with E-state index >= 15 is 0 Å². The van der Waals surface area contributed by atoms with Crippen molar-refractivity contribution in [3.8, 4) is 0 Å². The first kappa shape index (κ1) is 14.6. The predicted octanol–water partition coefficient (Wildman–Crippen LogP) is 1.83. The molecule has 0 aliphatic carbocycles. The minimum Gasteiger partial charge on any atom is -0.356 e. The van der Waals surface area contributed by atoms with E-state index in [-0.39, 0.29) is 5.54 Å². The largest absolute Gasteiger partial charge is 0.356 e. The lowest BCUT2D eigenvalue weighted by Gasteiger charge is -2.44. The van der Waals surface area contributed by atoms with Gasteiger partial charge in [-0.3, -0.25) is 9.89 Å². The Kier molecular flexibility index (Phi) is 5.08. The Hall–Kier alpha value is -0.770. The van der Waals surface area contributed by atoms with Gasteiger partial charge in [-0.1, -0.05) is 13.3 Å². The van der Waals surface area contributed by atoms with Gasteiger partial charge in [-0.2, -0.15) is 0 Å². The Balaban J connectivity index is 1.84. The topological polar surface area (TPSA) is 39.7 Å². The van der Waals surface area contributed by atoms with Crippen LogP contribution in [0.25, 0.3) is 0 Å². The van der Waals surface area contributed by atoms with E-state index in [0.29, 0.717) is 0 Å². The fraction of sp³-hybridized carbons (Fsp3) is 0.933. The zero-order valence-electron chi connectivity index (χ0n) is 12.8. The molecule has 19 heavy (non-hydrogen) atoms. The van der Waals surface area contributed by atoms with Crippen molar-refractivity contribution in [2.45, 2.75) is 52.0 Å². The van der Waals surface area contributed by atoms with Gasteiger partial charge in [-0.15, -0.1) is 0 Å². The van der Waals surface area contributed by atoms with Gasteiger partial charge >= 0.3 is 0 Å². The molecule has 110 valence electrons. The average Bonchev–Trinajstić information content (AvgIpc) is 2.46. The van der Waals surface area contributed by atoms with E-state index in [4.69, 9.17) is 0 Å². The van der Waals surface area contributed by atoms with Crippen LogP contribution in [0.15, 0.2) is 4.99 Å². The molecule has 0 amide bonds. The van der Waals surface area contributed by atoms with Crippen molar-refractivity contribution in [3.63, 3.8) is 0 Å². The van der Waals surface area contributed by atoms with Gasteiger partial charge in [-0.05, 0) is 45.6 Å². The quantitative estimate of drug-likeness (QED) is 0.815. The summed E-state index contributed by atoms with van der Waals surface area (Å²) in [5.41, 5.74) is 0.204. The number of hydrogen-bond acceptors (Lipinski definition) is 4. The van der Waals surface area contributed by atoms with Crippen LogP contribution < -0.4 is 10.6 Å². The summed E-state index contributed by atoms with van der Waals surface area (Å²) >= 11 is 0. The number of aliphatic imine (C=N–C) groups is 1. The maximum absolute atomic E-state index is 4.48. The molecule has 0 bridgehead atoms. The molecule has 0 radical (unpaired) electrons. The molecule has 1 saturated heterocycles. The molecule has 0 saturated carbocycles. The summed E-state index contributed by atoms with van der Waals surface area (Å²) in [4.78, 5) is 7.14. The van der Waals surface area contributed by atoms with Crippen LogP contribution in [0, 0.1) is 5.92 Å². The smallest absolute Gasteiger partial charge is 0.191 e. The molecule has 4 heteroatoms. The van der Waals surface area contributed by atoms with Crippen molar-refractivity contribution < 1.29 is 0 Å². The maximum atomic E-state index is 4.48. The highest BCUT2D eigenvalue weighted by Crippen LogP contribution is 2.25. The summed E-state index contributed by atoms with van der Waals surface area (Å²) in [5, 5.41) is 6.82. The Bertz CT molecular complexity index is 311. The zero-order valence-corrected chi connectivity index (χ0v) is 12.8. The van der Waals surface area contributed by atoms with E-state index in [1.54, 1.807) is 0 Å². The van der Waals surface area contributed by atoms with Crippen LogP contribution in [0.3, 0.4) is 0 Å². The highest BCUT2D eigenvalue weighted by atomic mass is 15.2. The zero-order chi connectivity index (χ0) is 13.7. The van der Waals surface area contributed by atoms with E-state index in [1.807, 2.05) is 0 Å². The monoisotopic (exact) mass is 266 g/mol. The minimum atomic E-state index is 0.204. The van der Waals surface area contributed by atoms with Crippen molar-refractivity contribution in [1.82, 2.24) is 15.5 Å². The van der Waals surface area contributed by atoms with Crippen molar-refractivity contribution in [1.29, 1.82) is 0 Å². The molecule has 2 N–H and O–H groups in total. The van der Waals surface area contributed by atoms with Crippen LogP contribution >= 0.6 is 0 Å². The Morgan fingerprint density at radius 3 is 2.95 bits per heavy atom. The first-order valence-corrected chi connectivity index (χ1v) is 7.89. The van der Waals surface area contributed by atoms with Gasteiger partial charge < -0.3 is 10.6 Å². The number of guanidine groups is 1. The fourth-order valence-electron chi connectivity index (χ4n) is 3.01. The lowest BCUT2D eigenvalue weighted by Crippen LogP contribution is -2.56. The third kappa shape index (κ3) is 4.10. The van der Waals surface area contributed by atoms with E-state index < -0.39 is 0 Å². The predicted molar refractivity (Wildman–Crippen MR) is 81.6 cm³/mol. The second-order valence-corrected chi connectivity index (χ2v) is 6.54. The molecule has 2 heterocycles. The first-order valence-electron chi connectivity index (χ1n) is 7.89. The molecule has 1 unspecified atom stereocenters. The fourth-order valence-corrected chi connectivity index (χ4v) is 3.01. The molecular formula is C15H30N4. The normalized spacial score (nSPS) is 25.6. The molecule has 0 aromatic heterocycles. The number of piperidine rings is 1. The van der Waals surface area contributed by atoms with Crippen LogP contribution in [0.4, 0.5) is 0 Å². The first-order chi connectivity index (χ1) is 9.12. The number of nitrogens with zero attached hydrogens (tertiary/aromatic N) is 2. The van der Waals surface area contributed by atoms with Gasteiger partial charge in [0.15, 0.2) is 5.96 Å². The van der Waals surface area contributed by atoms with E-state index in [9.17, 15) is 0 Å². The summed E-state index contributed by atoms with van der Waals surface area (Å²) in [6, 6.07) is 0. The van der Waals surface area contributed by atoms with Crippen molar-refractivity contribution in [2.75, 3.05) is 32.7 Å². The summed E-state index contributed by atoms with van der Waals surface area (Å²) in [7, 11) is 0. The molecule has 2 rings (SSSR count). The molecular weight excluding hydrogens is 236 g/mol. The molecule has 1 fully saturated rings. The van der Waals surface area contributed by atoms with Crippen LogP contribution in [0.1, 0.15) is 46.5 Å². The van der Waals surface area contributed by atoms with Crippen molar-refractivity contribution in [2.24, 2.45) is 10.9 Å². The lowest BCUT2D eigenvalue weighted by atomic mass is 9.91. The van der Waals surface area contributed by atoms with Crippen LogP contribution in [-0.2, 0) is 0 Å². The second-order valence-electron chi connectivity index (χ2n) is 6.54. The van der Waals surface area contributed by atoms with E-state index in [0.717, 1.165) is 37.9 Å². The summed E-state index contributed by atoms with van der Waals surface area (Å²) < 4.78 is 0. The standard InChI is InChI=1S/C15H30N4/c1-4-13-7-5-10-19(11-13)15(2,3)12-18-14-16-8-6-9-17-14/h13H,4-12H2,1-3H3,(H2,16,17,18). The van der Waals surface area contributed by atoms with Gasteiger partial charge in [0.2, 0.25) is 0 Å². The molecule has 0 spiro atoms. The van der Waals surface area contributed by atoms with Gasteiger partial charge in [0.05, 0.1) is 0 Å². The lowest BCUT2D eigenvalue weighted by molar-refractivity contribution is 0.0679. The molecule has 4 nitrogen and oxygen atoms in total. The van der Waals surface area contributed by atoms with Gasteiger partial charge in [0, 0.05) is 31.7 Å². The SMILES string of the molecule is CCC1CCCN(C(C)(C)CNC2=NCCCN2)C1. The summed E-state index contributed by atoms with van der Waals surface area (Å²) in [5.74, 6) is 1.88. The third-order valence-electron chi connectivity index (χ3n) is 4.54. The molecule has 1 atom stereocenters. The van der Waals surface area contributed by atoms with Gasteiger partial charge in [0.1, 0.15) is 0 Å². The number of hydrogen-bond donors (Lipinski definition) is 2. The van der Waals surface area contributed by atoms with Crippen molar-refractivity contribution >= 4 is 5.96 Å². The molecule has 0 aromatic carbocycles. The van der Waals surface area contributed by atoms with Crippen LogP contribution in [0.2, 0.25) is 0 Å². The van der Waals surface area contributed by atoms with Gasteiger partial charge in [-0.25, -0.2) is 0 Å². The van der Waals surface area contributed by atoms with Gasteiger partial charge in [0.25, 0.3) is 0 Å². The minimum absolute atomic E-state index is 0.204. The Morgan fingerprint density at radius 2 is 2.26 bits per heavy atom. The highest BCUT2D eigenvalue weighted by molar-refractivity contribution is 5.80. The van der Waals surface area contributed by atoms with E-state index in [1.165, 1.54) is 32.4 Å². The molecule has 2 aliphatic heterocycles. The third-order valence-corrected chi connectivity index (χ3v) is 4.54. The highest BCUT2D eigenvalue weighted by Gasteiger charge is 2.30. The average molecular weight is 266 g/mol. The number of likely N-dealkylation sites (tertiary alicyclic amines) is 1. The van der Waals surface area contributed by atoms with Crippen LogP contribution in [-0.4, -0.2) is 49.1 Å². The Labute approximate surface area is 118 Å². The second kappa shape index (κ2) is 6.60. The van der Waals surface area contributed by atoms with Crippen molar-refractivity contribution in [3.05, 3.63) is 0 Å². The number of nitrogens with one attached hydrogen (secondary N) is 2. The van der Waals surface area contributed by atoms with E-state index in [2.05, 4.69) is 41.3 Å². The molecule has 2 aliphatic rings. The Morgan fingerprint density at radius 1 is 1.42 bits per heavy atom. The molecule has 0 aromatic rings. The summed E-state index contributed by atoms with van der Waals surface area (Å²) in [6.45, 7) is 12.5. The summed E-state index contributed by atoms with van der Waals surface area (Å²) in [6.07, 6.45) is 5.22. The van der Waals surface area contributed by atoms with Crippen LogP contribution in [0.5, 0.6) is 0 Å².